The maximum absolute atomic E-state index is 12.9. The Bertz CT molecular complexity index is 573. The highest BCUT2D eigenvalue weighted by atomic mass is 32.1. The van der Waals surface area contributed by atoms with Gasteiger partial charge in [0.2, 0.25) is 0 Å². The zero-order valence-electron chi connectivity index (χ0n) is 10.4. The molecule has 0 radical (unpaired) electrons. The molecular weight excluding hydrogens is 261 g/mol. The Balaban J connectivity index is 1.66. The number of carbonyl (C=O) groups is 1. The Morgan fingerprint density at radius 1 is 1.26 bits per heavy atom. The van der Waals surface area contributed by atoms with Crippen molar-refractivity contribution in [1.29, 1.82) is 0 Å². The van der Waals surface area contributed by atoms with Crippen LogP contribution < -0.4 is 5.32 Å². The second kappa shape index (κ2) is 4.78. The highest BCUT2D eigenvalue weighted by Gasteiger charge is 2.44. The van der Waals surface area contributed by atoms with Gasteiger partial charge in [-0.2, -0.15) is 0 Å². The van der Waals surface area contributed by atoms with Crippen LogP contribution >= 0.6 is 11.3 Å². The standard InChI is InChI=1S/C15H14FNOS/c16-12-5-3-11(4-6-12)15(7-8-15)10-17-14(18)13-2-1-9-19-13/h1-6,9H,7-8,10H2,(H,17,18). The van der Waals surface area contributed by atoms with Crippen LogP contribution in [0.5, 0.6) is 0 Å². The number of thiophene rings is 1. The second-order valence-corrected chi connectivity index (χ2v) is 5.89. The maximum atomic E-state index is 12.9. The molecule has 0 spiro atoms. The molecule has 1 amide bonds. The van der Waals surface area contributed by atoms with Crippen LogP contribution in [0.4, 0.5) is 4.39 Å². The molecule has 0 saturated heterocycles. The summed E-state index contributed by atoms with van der Waals surface area (Å²) in [5.41, 5.74) is 1.13. The van der Waals surface area contributed by atoms with Crippen LogP contribution in [0.1, 0.15) is 28.1 Å². The van der Waals surface area contributed by atoms with Crippen molar-refractivity contribution < 1.29 is 9.18 Å². The predicted octanol–water partition coefficient (Wildman–Crippen LogP) is 3.35. The van der Waals surface area contributed by atoms with Crippen LogP contribution in [-0.4, -0.2) is 12.5 Å². The van der Waals surface area contributed by atoms with Gasteiger partial charge in [0.1, 0.15) is 5.82 Å². The molecule has 1 N–H and O–H groups in total. The molecule has 3 rings (SSSR count). The quantitative estimate of drug-likeness (QED) is 0.911. The predicted molar refractivity (Wildman–Crippen MR) is 74.0 cm³/mol. The molecule has 1 aromatic heterocycles. The van der Waals surface area contributed by atoms with E-state index in [4.69, 9.17) is 0 Å². The first-order chi connectivity index (χ1) is 9.20. The first-order valence-corrected chi connectivity index (χ1v) is 7.15. The molecule has 1 aromatic carbocycles. The highest BCUT2D eigenvalue weighted by molar-refractivity contribution is 7.12. The summed E-state index contributed by atoms with van der Waals surface area (Å²) in [5, 5.41) is 4.87. The zero-order chi connectivity index (χ0) is 13.3. The number of benzene rings is 1. The lowest BCUT2D eigenvalue weighted by molar-refractivity contribution is 0.0954. The monoisotopic (exact) mass is 275 g/mol. The van der Waals surface area contributed by atoms with Crippen LogP contribution in [0.2, 0.25) is 0 Å². The first kappa shape index (κ1) is 12.4. The Kier molecular flexibility index (Phi) is 3.11. The van der Waals surface area contributed by atoms with E-state index in [1.807, 2.05) is 29.6 Å². The van der Waals surface area contributed by atoms with E-state index in [1.54, 1.807) is 0 Å². The average Bonchev–Trinajstić information content (AvgIpc) is 3.01. The molecule has 2 nitrogen and oxygen atoms in total. The van der Waals surface area contributed by atoms with Crippen molar-refractivity contribution in [2.24, 2.45) is 0 Å². The summed E-state index contributed by atoms with van der Waals surface area (Å²) in [6, 6.07) is 10.3. The average molecular weight is 275 g/mol. The number of amides is 1. The second-order valence-electron chi connectivity index (χ2n) is 4.95. The summed E-state index contributed by atoms with van der Waals surface area (Å²) in [4.78, 5) is 12.6. The van der Waals surface area contributed by atoms with E-state index in [2.05, 4.69) is 5.32 Å². The summed E-state index contributed by atoms with van der Waals surface area (Å²) in [5.74, 6) is -0.245. The summed E-state index contributed by atoms with van der Waals surface area (Å²) in [6.45, 7) is 0.620. The van der Waals surface area contributed by atoms with E-state index in [0.717, 1.165) is 23.3 Å². The van der Waals surface area contributed by atoms with E-state index in [0.29, 0.717) is 6.54 Å². The molecule has 1 saturated carbocycles. The van der Waals surface area contributed by atoms with Crippen molar-refractivity contribution >= 4 is 17.2 Å². The summed E-state index contributed by atoms with van der Waals surface area (Å²) < 4.78 is 12.9. The van der Waals surface area contributed by atoms with Crippen molar-refractivity contribution in [3.05, 3.63) is 58.0 Å². The molecule has 4 heteroatoms. The number of hydrogen-bond donors (Lipinski definition) is 1. The van der Waals surface area contributed by atoms with Gasteiger partial charge in [0, 0.05) is 12.0 Å². The fourth-order valence-corrected chi connectivity index (χ4v) is 2.91. The van der Waals surface area contributed by atoms with Crippen molar-refractivity contribution in [1.82, 2.24) is 5.32 Å². The molecule has 0 bridgehead atoms. The number of carbonyl (C=O) groups excluding carboxylic acids is 1. The van der Waals surface area contributed by atoms with Gasteiger partial charge in [0.25, 0.3) is 5.91 Å². The SMILES string of the molecule is O=C(NCC1(c2ccc(F)cc2)CC1)c1cccs1. The molecule has 0 atom stereocenters. The molecule has 1 aliphatic carbocycles. The molecule has 1 heterocycles. The molecular formula is C15H14FNOS. The summed E-state index contributed by atoms with van der Waals surface area (Å²) >= 11 is 1.44. The van der Waals surface area contributed by atoms with Gasteiger partial charge >= 0.3 is 0 Å². The van der Waals surface area contributed by atoms with Crippen molar-refractivity contribution in [3.63, 3.8) is 0 Å². The lowest BCUT2D eigenvalue weighted by atomic mass is 9.96. The summed E-state index contributed by atoms with van der Waals surface area (Å²) in [7, 11) is 0. The number of nitrogens with one attached hydrogen (secondary N) is 1. The Hall–Kier alpha value is -1.68. The van der Waals surface area contributed by atoms with E-state index in [9.17, 15) is 9.18 Å². The van der Waals surface area contributed by atoms with Gasteiger partial charge in [-0.1, -0.05) is 18.2 Å². The van der Waals surface area contributed by atoms with Crippen LogP contribution in [-0.2, 0) is 5.41 Å². The molecule has 0 aliphatic heterocycles. The van der Waals surface area contributed by atoms with Crippen molar-refractivity contribution in [2.75, 3.05) is 6.54 Å². The third kappa shape index (κ3) is 2.54. The van der Waals surface area contributed by atoms with E-state index in [-0.39, 0.29) is 17.1 Å². The van der Waals surface area contributed by atoms with Gasteiger partial charge in [-0.15, -0.1) is 11.3 Å². The number of rotatable bonds is 4. The molecule has 98 valence electrons. The minimum Gasteiger partial charge on any atom is -0.350 e. The minimum atomic E-state index is -0.220. The van der Waals surface area contributed by atoms with Crippen molar-refractivity contribution in [3.8, 4) is 0 Å². The molecule has 19 heavy (non-hydrogen) atoms. The van der Waals surface area contributed by atoms with Gasteiger partial charge in [-0.05, 0) is 42.0 Å². The van der Waals surface area contributed by atoms with E-state index in [1.165, 1.54) is 23.5 Å². The van der Waals surface area contributed by atoms with Gasteiger partial charge < -0.3 is 5.32 Å². The van der Waals surface area contributed by atoms with Gasteiger partial charge in [0.05, 0.1) is 4.88 Å². The van der Waals surface area contributed by atoms with Gasteiger partial charge in [0.15, 0.2) is 0 Å². The lowest BCUT2D eigenvalue weighted by Gasteiger charge is -2.16. The Morgan fingerprint density at radius 3 is 2.58 bits per heavy atom. The maximum Gasteiger partial charge on any atom is 0.261 e. The fourth-order valence-electron chi connectivity index (χ4n) is 2.27. The molecule has 0 unspecified atom stereocenters. The number of halogens is 1. The Morgan fingerprint density at radius 2 is 2.00 bits per heavy atom. The fraction of sp³-hybridized carbons (Fsp3) is 0.267. The molecule has 2 aromatic rings. The topological polar surface area (TPSA) is 29.1 Å². The smallest absolute Gasteiger partial charge is 0.261 e. The van der Waals surface area contributed by atoms with Crippen LogP contribution in [0.25, 0.3) is 0 Å². The summed E-state index contributed by atoms with van der Waals surface area (Å²) in [6.07, 6.45) is 2.09. The minimum absolute atomic E-state index is 0.0145. The third-order valence-electron chi connectivity index (χ3n) is 3.64. The first-order valence-electron chi connectivity index (χ1n) is 6.27. The Labute approximate surface area is 115 Å². The third-order valence-corrected chi connectivity index (χ3v) is 4.51. The normalized spacial score (nSPS) is 16.1. The zero-order valence-corrected chi connectivity index (χ0v) is 11.2. The lowest BCUT2D eigenvalue weighted by Crippen LogP contribution is -2.31. The van der Waals surface area contributed by atoms with Gasteiger partial charge in [-0.25, -0.2) is 4.39 Å². The van der Waals surface area contributed by atoms with Crippen molar-refractivity contribution in [2.45, 2.75) is 18.3 Å². The van der Waals surface area contributed by atoms with E-state index < -0.39 is 0 Å². The van der Waals surface area contributed by atoms with Crippen LogP contribution in [0.3, 0.4) is 0 Å². The van der Waals surface area contributed by atoms with E-state index >= 15 is 0 Å². The molecule has 1 fully saturated rings. The molecule has 1 aliphatic rings. The van der Waals surface area contributed by atoms with Crippen LogP contribution in [0.15, 0.2) is 41.8 Å². The number of hydrogen-bond acceptors (Lipinski definition) is 2. The van der Waals surface area contributed by atoms with Gasteiger partial charge in [-0.3, -0.25) is 4.79 Å². The van der Waals surface area contributed by atoms with Crippen LogP contribution in [0, 0.1) is 5.82 Å². The highest BCUT2D eigenvalue weighted by Crippen LogP contribution is 2.47. The largest absolute Gasteiger partial charge is 0.350 e.